The number of likely N-dealkylation sites (N-methyl/N-ethyl adjacent to an activating group) is 1. The summed E-state index contributed by atoms with van der Waals surface area (Å²) in [6.45, 7) is 3.17. The Balaban J connectivity index is 0.00000289. The van der Waals surface area contributed by atoms with Crippen LogP contribution in [0, 0.1) is 6.92 Å². The van der Waals surface area contributed by atoms with E-state index in [4.69, 9.17) is 0 Å². The first kappa shape index (κ1) is 23.8. The molecule has 4 rings (SSSR count). The summed E-state index contributed by atoms with van der Waals surface area (Å²) in [5, 5.41) is 0.631. The van der Waals surface area contributed by atoms with Crippen molar-refractivity contribution in [3.63, 3.8) is 0 Å². The van der Waals surface area contributed by atoms with Gasteiger partial charge in [-0.2, -0.15) is 0 Å². The minimum Gasteiger partial charge on any atom is -0.308 e. The number of hydrogen-bond acceptors (Lipinski definition) is 6. The van der Waals surface area contributed by atoms with Crippen LogP contribution in [0.3, 0.4) is 0 Å². The van der Waals surface area contributed by atoms with Crippen molar-refractivity contribution in [2.45, 2.75) is 19.8 Å². The molecule has 0 bridgehead atoms. The van der Waals surface area contributed by atoms with E-state index in [1.807, 2.05) is 38.1 Å². The summed E-state index contributed by atoms with van der Waals surface area (Å²) in [5.74, 6) is -0.681. The molecular formula is C23H25ClN4O3S. The summed E-state index contributed by atoms with van der Waals surface area (Å²) in [6.07, 6.45) is 0.411. The molecule has 1 fully saturated rings. The van der Waals surface area contributed by atoms with Gasteiger partial charge in [0.2, 0.25) is 11.8 Å². The predicted octanol–water partition coefficient (Wildman–Crippen LogP) is 3.89. The lowest BCUT2D eigenvalue weighted by Crippen LogP contribution is -2.37. The second kappa shape index (κ2) is 9.77. The van der Waals surface area contributed by atoms with Crippen molar-refractivity contribution in [1.82, 2.24) is 9.88 Å². The van der Waals surface area contributed by atoms with Gasteiger partial charge in [-0.1, -0.05) is 23.5 Å². The number of hydrogen-bond donors (Lipinski definition) is 0. The molecule has 0 saturated carbocycles. The molecule has 0 atom stereocenters. The van der Waals surface area contributed by atoms with Gasteiger partial charge >= 0.3 is 0 Å². The Kier molecular flexibility index (Phi) is 7.28. The van der Waals surface area contributed by atoms with Gasteiger partial charge in [0.05, 0.1) is 15.9 Å². The van der Waals surface area contributed by atoms with Crippen LogP contribution in [-0.4, -0.2) is 54.8 Å². The molecule has 0 unspecified atom stereocenters. The van der Waals surface area contributed by atoms with Crippen LogP contribution in [0.15, 0.2) is 42.5 Å². The summed E-state index contributed by atoms with van der Waals surface area (Å²) in [6, 6.07) is 12.7. The summed E-state index contributed by atoms with van der Waals surface area (Å²) in [5.41, 5.74) is 2.85. The molecule has 1 aliphatic heterocycles. The molecule has 168 valence electrons. The Morgan fingerprint density at radius 1 is 1.06 bits per heavy atom. The van der Waals surface area contributed by atoms with Gasteiger partial charge in [0.15, 0.2) is 5.13 Å². The molecule has 1 saturated heterocycles. The number of rotatable bonds is 6. The van der Waals surface area contributed by atoms with Gasteiger partial charge in [-0.15, -0.1) is 12.4 Å². The van der Waals surface area contributed by atoms with Gasteiger partial charge in [-0.3, -0.25) is 24.2 Å². The SMILES string of the molecule is Cc1ccc2nc(N(CCN(C)C)C(=O)c3cccc(N4C(=O)CCC4=O)c3)sc2c1.Cl. The Hall–Kier alpha value is -2.81. The first-order valence-corrected chi connectivity index (χ1v) is 10.9. The van der Waals surface area contributed by atoms with Crippen molar-refractivity contribution < 1.29 is 14.4 Å². The molecule has 2 aromatic carbocycles. The van der Waals surface area contributed by atoms with Crippen molar-refractivity contribution in [3.05, 3.63) is 53.6 Å². The Bertz CT molecular complexity index is 1160. The number of benzene rings is 2. The van der Waals surface area contributed by atoms with E-state index in [1.165, 1.54) is 16.2 Å². The molecular weight excluding hydrogens is 448 g/mol. The van der Waals surface area contributed by atoms with E-state index in [9.17, 15) is 14.4 Å². The number of thiazole rings is 1. The number of anilines is 2. The number of amides is 3. The van der Waals surface area contributed by atoms with E-state index in [0.29, 0.717) is 29.5 Å². The number of aromatic nitrogens is 1. The van der Waals surface area contributed by atoms with Crippen LogP contribution in [0.5, 0.6) is 0 Å². The van der Waals surface area contributed by atoms with Crippen LogP contribution in [0.2, 0.25) is 0 Å². The molecule has 0 aliphatic carbocycles. The van der Waals surface area contributed by atoms with E-state index in [-0.39, 0.29) is 43.0 Å². The van der Waals surface area contributed by atoms with Crippen molar-refractivity contribution in [1.29, 1.82) is 0 Å². The maximum atomic E-state index is 13.5. The minimum atomic E-state index is -0.236. The maximum Gasteiger partial charge on any atom is 0.260 e. The lowest BCUT2D eigenvalue weighted by molar-refractivity contribution is -0.121. The highest BCUT2D eigenvalue weighted by molar-refractivity contribution is 7.22. The highest BCUT2D eigenvalue weighted by Crippen LogP contribution is 2.31. The molecule has 0 radical (unpaired) electrons. The third-order valence-electron chi connectivity index (χ3n) is 5.18. The summed E-state index contributed by atoms with van der Waals surface area (Å²) in [4.78, 5) is 47.3. The van der Waals surface area contributed by atoms with Crippen LogP contribution in [0.25, 0.3) is 10.2 Å². The zero-order valence-corrected chi connectivity index (χ0v) is 19.8. The van der Waals surface area contributed by atoms with Gasteiger partial charge in [0.1, 0.15) is 0 Å². The molecule has 3 amide bonds. The molecule has 1 aromatic heterocycles. The van der Waals surface area contributed by atoms with Gasteiger partial charge < -0.3 is 4.90 Å². The van der Waals surface area contributed by atoms with Crippen molar-refractivity contribution in [2.24, 2.45) is 0 Å². The molecule has 32 heavy (non-hydrogen) atoms. The number of aryl methyl sites for hydroxylation is 1. The standard InChI is InChI=1S/C23H24N4O3S.ClH/c1-15-7-8-18-19(13-15)31-23(24-18)26(12-11-25(2)3)22(30)16-5-4-6-17(14-16)27-20(28)9-10-21(27)29;/h4-8,13-14H,9-12H2,1-3H3;1H. The molecule has 0 spiro atoms. The monoisotopic (exact) mass is 472 g/mol. The topological polar surface area (TPSA) is 73.8 Å². The lowest BCUT2D eigenvalue weighted by Gasteiger charge is -2.22. The van der Waals surface area contributed by atoms with E-state index < -0.39 is 0 Å². The smallest absolute Gasteiger partial charge is 0.260 e. The third kappa shape index (κ3) is 4.82. The van der Waals surface area contributed by atoms with Crippen LogP contribution >= 0.6 is 23.7 Å². The average molecular weight is 473 g/mol. The zero-order chi connectivity index (χ0) is 22.1. The molecule has 9 heteroatoms. The number of halogens is 1. The first-order chi connectivity index (χ1) is 14.8. The molecule has 3 aromatic rings. The normalized spacial score (nSPS) is 13.7. The maximum absolute atomic E-state index is 13.5. The molecule has 2 heterocycles. The van der Waals surface area contributed by atoms with Gasteiger partial charge in [-0.05, 0) is 56.9 Å². The lowest BCUT2D eigenvalue weighted by atomic mass is 10.1. The number of imide groups is 1. The van der Waals surface area contributed by atoms with Gasteiger partial charge in [0.25, 0.3) is 5.91 Å². The first-order valence-electron chi connectivity index (χ1n) is 10.1. The van der Waals surface area contributed by atoms with Crippen LogP contribution < -0.4 is 9.80 Å². The zero-order valence-electron chi connectivity index (χ0n) is 18.2. The van der Waals surface area contributed by atoms with Crippen molar-refractivity contribution in [3.8, 4) is 0 Å². The van der Waals surface area contributed by atoms with E-state index >= 15 is 0 Å². The fourth-order valence-corrected chi connectivity index (χ4v) is 4.61. The second-order valence-electron chi connectivity index (χ2n) is 7.90. The number of fused-ring (bicyclic) bond motifs is 1. The Labute approximate surface area is 197 Å². The summed E-state index contributed by atoms with van der Waals surface area (Å²) < 4.78 is 1.03. The van der Waals surface area contributed by atoms with Crippen LogP contribution in [0.4, 0.5) is 10.8 Å². The van der Waals surface area contributed by atoms with E-state index in [0.717, 1.165) is 15.8 Å². The van der Waals surface area contributed by atoms with E-state index in [2.05, 4.69) is 11.1 Å². The fourth-order valence-electron chi connectivity index (χ4n) is 3.52. The average Bonchev–Trinajstić information content (AvgIpc) is 3.30. The number of nitrogens with zero attached hydrogens (tertiary/aromatic N) is 4. The summed E-state index contributed by atoms with van der Waals surface area (Å²) in [7, 11) is 3.91. The molecule has 0 N–H and O–H groups in total. The number of carbonyl (C=O) groups excluding carboxylic acids is 3. The third-order valence-corrected chi connectivity index (χ3v) is 6.22. The summed E-state index contributed by atoms with van der Waals surface area (Å²) >= 11 is 1.48. The molecule has 7 nitrogen and oxygen atoms in total. The Morgan fingerprint density at radius 2 is 1.78 bits per heavy atom. The van der Waals surface area contributed by atoms with Crippen LogP contribution in [0.1, 0.15) is 28.8 Å². The quantitative estimate of drug-likeness (QED) is 0.509. The van der Waals surface area contributed by atoms with Crippen molar-refractivity contribution in [2.75, 3.05) is 37.0 Å². The number of carbonyl (C=O) groups is 3. The predicted molar refractivity (Wildman–Crippen MR) is 130 cm³/mol. The highest BCUT2D eigenvalue weighted by Gasteiger charge is 2.31. The van der Waals surface area contributed by atoms with Crippen LogP contribution in [-0.2, 0) is 9.59 Å². The molecule has 1 aliphatic rings. The van der Waals surface area contributed by atoms with Crippen molar-refractivity contribution >= 4 is 62.5 Å². The van der Waals surface area contributed by atoms with Gasteiger partial charge in [-0.25, -0.2) is 4.98 Å². The van der Waals surface area contributed by atoms with Gasteiger partial charge in [0, 0.05) is 31.5 Å². The minimum absolute atomic E-state index is 0. The Morgan fingerprint density at radius 3 is 2.47 bits per heavy atom. The highest BCUT2D eigenvalue weighted by atomic mass is 35.5. The largest absolute Gasteiger partial charge is 0.308 e. The fraction of sp³-hybridized carbons (Fsp3) is 0.304. The van der Waals surface area contributed by atoms with E-state index in [1.54, 1.807) is 29.2 Å². The second-order valence-corrected chi connectivity index (χ2v) is 8.91.